The van der Waals surface area contributed by atoms with E-state index in [0.29, 0.717) is 25.4 Å². The Morgan fingerprint density at radius 3 is 2.52 bits per heavy atom. The zero-order valence-corrected chi connectivity index (χ0v) is 18.2. The van der Waals surface area contributed by atoms with E-state index in [0.717, 1.165) is 28.0 Å². The van der Waals surface area contributed by atoms with Gasteiger partial charge >= 0.3 is 0 Å². The lowest BCUT2D eigenvalue weighted by Crippen LogP contribution is -2.37. The van der Waals surface area contributed by atoms with E-state index in [1.807, 2.05) is 0 Å². The number of Topliss-reactive ketones (excluding diaryl/α,β-unsaturated/α-hetero) is 1. The fourth-order valence-corrected chi connectivity index (χ4v) is 4.61. The third-order valence-electron chi connectivity index (χ3n) is 3.92. The van der Waals surface area contributed by atoms with Crippen LogP contribution in [0.4, 0.5) is 4.79 Å². The molecule has 0 aliphatic carbocycles. The summed E-state index contributed by atoms with van der Waals surface area (Å²) >= 11 is 13.9. The van der Waals surface area contributed by atoms with E-state index in [1.54, 1.807) is 30.3 Å². The van der Waals surface area contributed by atoms with E-state index in [-0.39, 0.29) is 29.7 Å². The fourth-order valence-electron chi connectivity index (χ4n) is 2.47. The summed E-state index contributed by atoms with van der Waals surface area (Å²) in [6.07, 6.45) is 1.54. The molecule has 1 aromatic carbocycles. The van der Waals surface area contributed by atoms with Crippen LogP contribution in [0.5, 0.6) is 0 Å². The van der Waals surface area contributed by atoms with Crippen LogP contribution < -0.4 is 5.32 Å². The van der Waals surface area contributed by atoms with Gasteiger partial charge in [0.2, 0.25) is 0 Å². The number of amides is 3. The molecule has 0 bridgehead atoms. The maximum Gasteiger partial charge on any atom is 0.293 e. The smallest absolute Gasteiger partial charge is 0.293 e. The second-order valence-electron chi connectivity index (χ2n) is 5.98. The molecular formula is C19H14Cl2N2O4S2. The quantitative estimate of drug-likeness (QED) is 0.489. The number of nitrogens with one attached hydrogen (secondary N) is 1. The van der Waals surface area contributed by atoms with E-state index in [1.165, 1.54) is 13.0 Å². The van der Waals surface area contributed by atoms with Gasteiger partial charge in [0.15, 0.2) is 5.78 Å². The number of hydrogen-bond acceptors (Lipinski definition) is 6. The topological polar surface area (TPSA) is 83.6 Å². The zero-order chi connectivity index (χ0) is 21.1. The summed E-state index contributed by atoms with van der Waals surface area (Å²) < 4.78 is 0. The van der Waals surface area contributed by atoms with Crippen molar-refractivity contribution in [3.05, 3.63) is 60.6 Å². The minimum Gasteiger partial charge on any atom is -0.350 e. The van der Waals surface area contributed by atoms with Gasteiger partial charge in [0.05, 0.1) is 14.7 Å². The van der Waals surface area contributed by atoms with E-state index < -0.39 is 11.1 Å². The van der Waals surface area contributed by atoms with Crippen molar-refractivity contribution < 1.29 is 19.2 Å². The predicted octanol–water partition coefficient (Wildman–Crippen LogP) is 4.72. The molecule has 0 saturated carbocycles. The van der Waals surface area contributed by atoms with Crippen molar-refractivity contribution in [1.29, 1.82) is 0 Å². The Morgan fingerprint density at radius 1 is 1.14 bits per heavy atom. The van der Waals surface area contributed by atoms with Crippen molar-refractivity contribution in [2.75, 3.05) is 13.1 Å². The van der Waals surface area contributed by atoms with E-state index in [2.05, 4.69) is 5.32 Å². The van der Waals surface area contributed by atoms with E-state index in [9.17, 15) is 19.2 Å². The van der Waals surface area contributed by atoms with Gasteiger partial charge in [-0.1, -0.05) is 29.3 Å². The van der Waals surface area contributed by atoms with Gasteiger partial charge in [0, 0.05) is 23.1 Å². The van der Waals surface area contributed by atoms with Crippen molar-refractivity contribution in [3.63, 3.8) is 0 Å². The molecule has 150 valence electrons. The van der Waals surface area contributed by atoms with E-state index in [4.69, 9.17) is 23.2 Å². The number of hydrogen-bond donors (Lipinski definition) is 1. The monoisotopic (exact) mass is 468 g/mol. The van der Waals surface area contributed by atoms with Gasteiger partial charge in [-0.05, 0) is 54.6 Å². The summed E-state index contributed by atoms with van der Waals surface area (Å²) in [5, 5.41) is 3.07. The SMILES string of the molecule is CC(=O)c1ccc(C(=O)NCCN2C(=O)S/C(=C\c3ccc(Cl)cc3Cl)C2=O)s1. The Morgan fingerprint density at radius 2 is 1.86 bits per heavy atom. The van der Waals surface area contributed by atoms with Crippen LogP contribution in [-0.2, 0) is 4.79 Å². The molecule has 10 heteroatoms. The van der Waals surface area contributed by atoms with Gasteiger partial charge in [0.25, 0.3) is 17.1 Å². The third kappa shape index (κ3) is 5.08. The van der Waals surface area contributed by atoms with Crippen LogP contribution in [0.25, 0.3) is 6.08 Å². The summed E-state index contributed by atoms with van der Waals surface area (Å²) in [7, 11) is 0. The van der Waals surface area contributed by atoms with Crippen LogP contribution in [0.2, 0.25) is 10.0 Å². The fraction of sp³-hybridized carbons (Fsp3) is 0.158. The number of thioether (sulfide) groups is 1. The lowest BCUT2D eigenvalue weighted by atomic mass is 10.2. The average molecular weight is 469 g/mol. The normalized spacial score (nSPS) is 15.3. The largest absolute Gasteiger partial charge is 0.350 e. The van der Waals surface area contributed by atoms with Crippen molar-refractivity contribution in [1.82, 2.24) is 10.2 Å². The zero-order valence-electron chi connectivity index (χ0n) is 15.0. The first-order chi connectivity index (χ1) is 13.8. The first-order valence-corrected chi connectivity index (χ1v) is 10.7. The lowest BCUT2D eigenvalue weighted by molar-refractivity contribution is -0.122. The molecular weight excluding hydrogens is 455 g/mol. The van der Waals surface area contributed by atoms with Gasteiger partial charge in [-0.25, -0.2) is 0 Å². The molecule has 29 heavy (non-hydrogen) atoms. The summed E-state index contributed by atoms with van der Waals surface area (Å²) in [5.74, 6) is -0.923. The highest BCUT2D eigenvalue weighted by molar-refractivity contribution is 8.18. The summed E-state index contributed by atoms with van der Waals surface area (Å²) in [5.41, 5.74) is 0.578. The number of thiophene rings is 1. The van der Waals surface area contributed by atoms with Gasteiger partial charge in [-0.15, -0.1) is 11.3 Å². The molecule has 1 N–H and O–H groups in total. The van der Waals surface area contributed by atoms with Crippen LogP contribution in [-0.4, -0.2) is 40.8 Å². The highest BCUT2D eigenvalue weighted by Crippen LogP contribution is 2.33. The number of ketones is 1. The van der Waals surface area contributed by atoms with Crippen molar-refractivity contribution in [3.8, 4) is 0 Å². The van der Waals surface area contributed by atoms with Crippen LogP contribution in [0.3, 0.4) is 0 Å². The van der Waals surface area contributed by atoms with Crippen LogP contribution >= 0.6 is 46.3 Å². The van der Waals surface area contributed by atoms with Gasteiger partial charge in [-0.3, -0.25) is 24.1 Å². The molecule has 2 aromatic rings. The summed E-state index contributed by atoms with van der Waals surface area (Å²) in [6, 6.07) is 8.01. The Bertz CT molecular complexity index is 1050. The van der Waals surface area contributed by atoms with Gasteiger partial charge in [-0.2, -0.15) is 0 Å². The number of halogens is 2. The van der Waals surface area contributed by atoms with Gasteiger partial charge in [0.1, 0.15) is 0 Å². The molecule has 1 fully saturated rings. The molecule has 0 radical (unpaired) electrons. The maximum atomic E-state index is 12.5. The molecule has 1 aliphatic rings. The number of nitrogens with zero attached hydrogens (tertiary/aromatic N) is 1. The Labute approximate surface area is 184 Å². The van der Waals surface area contributed by atoms with Crippen molar-refractivity contribution in [2.24, 2.45) is 0 Å². The molecule has 1 saturated heterocycles. The number of carbonyl (C=O) groups excluding carboxylic acids is 4. The Balaban J connectivity index is 1.60. The summed E-state index contributed by atoms with van der Waals surface area (Å²) in [4.78, 5) is 50.3. The highest BCUT2D eigenvalue weighted by Gasteiger charge is 2.34. The molecule has 3 amide bonds. The maximum absolute atomic E-state index is 12.5. The van der Waals surface area contributed by atoms with Crippen LogP contribution in [0.15, 0.2) is 35.2 Å². The van der Waals surface area contributed by atoms with Crippen LogP contribution in [0.1, 0.15) is 31.8 Å². The first kappa shape index (κ1) is 21.6. The standard InChI is InChI=1S/C19H14Cl2N2O4S2/c1-10(24)14-4-5-15(28-14)17(25)22-6-7-23-18(26)16(29-19(23)27)8-11-2-3-12(20)9-13(11)21/h2-5,8-9H,6-7H2,1H3,(H,22,25)/b16-8-. The predicted molar refractivity (Wildman–Crippen MR) is 116 cm³/mol. The Kier molecular flexibility index (Phi) is 6.79. The highest BCUT2D eigenvalue weighted by atomic mass is 35.5. The van der Waals surface area contributed by atoms with Crippen LogP contribution in [0, 0.1) is 0 Å². The van der Waals surface area contributed by atoms with Crippen molar-refractivity contribution >= 4 is 75.2 Å². The first-order valence-electron chi connectivity index (χ1n) is 8.35. The molecule has 3 rings (SSSR count). The molecule has 1 aromatic heterocycles. The lowest BCUT2D eigenvalue weighted by Gasteiger charge is -2.12. The van der Waals surface area contributed by atoms with Crippen molar-refractivity contribution in [2.45, 2.75) is 6.92 Å². The Hall–Kier alpha value is -2.13. The molecule has 0 unspecified atom stereocenters. The summed E-state index contributed by atoms with van der Waals surface area (Å²) in [6.45, 7) is 1.56. The number of carbonyl (C=O) groups is 4. The second-order valence-corrected chi connectivity index (χ2v) is 8.90. The minimum absolute atomic E-state index is 0.0348. The molecule has 6 nitrogen and oxygen atoms in total. The second kappa shape index (κ2) is 9.13. The van der Waals surface area contributed by atoms with E-state index >= 15 is 0 Å². The molecule has 0 atom stereocenters. The molecule has 2 heterocycles. The number of benzene rings is 1. The number of rotatable bonds is 6. The third-order valence-corrected chi connectivity index (χ3v) is 6.58. The molecule has 1 aliphatic heterocycles. The number of imide groups is 1. The average Bonchev–Trinajstić information content (AvgIpc) is 3.25. The van der Waals surface area contributed by atoms with Gasteiger partial charge < -0.3 is 5.32 Å². The minimum atomic E-state index is -0.449. The molecule has 0 spiro atoms.